The minimum Gasteiger partial charge on any atom is -0.476 e. The Kier molecular flexibility index (Phi) is 5.39. The maximum atomic E-state index is 11.4. The molecule has 0 radical (unpaired) electrons. The van der Waals surface area contributed by atoms with Gasteiger partial charge >= 0.3 is 11.8 Å². The Bertz CT molecular complexity index is 517. The second kappa shape index (κ2) is 7.02. The van der Waals surface area contributed by atoms with Crippen molar-refractivity contribution >= 4 is 17.8 Å². The predicted molar refractivity (Wildman–Crippen MR) is 68.2 cm³/mol. The number of nitrogens with one attached hydrogen (secondary N) is 2. The van der Waals surface area contributed by atoms with Crippen LogP contribution in [-0.2, 0) is 4.79 Å². The van der Waals surface area contributed by atoms with Crippen molar-refractivity contribution in [3.63, 3.8) is 0 Å². The number of amides is 3. The number of urea groups is 1. The Morgan fingerprint density at radius 2 is 2.20 bits per heavy atom. The first kappa shape index (κ1) is 15.3. The predicted octanol–water partition coefficient (Wildman–Crippen LogP) is 0.603. The maximum absolute atomic E-state index is 11.4. The van der Waals surface area contributed by atoms with E-state index in [9.17, 15) is 19.7 Å². The topological polar surface area (TPSA) is 123 Å². The van der Waals surface area contributed by atoms with E-state index in [-0.39, 0.29) is 11.8 Å². The monoisotopic (exact) mass is 282 g/mol. The van der Waals surface area contributed by atoms with Gasteiger partial charge in [0, 0.05) is 6.04 Å². The Morgan fingerprint density at radius 3 is 2.80 bits per heavy atom. The lowest BCUT2D eigenvalue weighted by Gasteiger charge is -2.09. The molecule has 9 heteroatoms. The Labute approximate surface area is 114 Å². The Hall–Kier alpha value is -2.71. The first-order valence-corrected chi connectivity index (χ1v) is 5.72. The summed E-state index contributed by atoms with van der Waals surface area (Å²) < 4.78 is 4.97. The number of aromatic nitrogens is 1. The van der Waals surface area contributed by atoms with Gasteiger partial charge in [-0.1, -0.05) is 0 Å². The molecule has 20 heavy (non-hydrogen) atoms. The van der Waals surface area contributed by atoms with E-state index >= 15 is 0 Å². The van der Waals surface area contributed by atoms with Crippen LogP contribution in [0.1, 0.15) is 13.8 Å². The molecule has 2 N–H and O–H groups in total. The van der Waals surface area contributed by atoms with Crippen molar-refractivity contribution in [3.8, 4) is 5.75 Å². The minimum atomic E-state index is -0.724. The van der Waals surface area contributed by atoms with Gasteiger partial charge in [0.2, 0.25) is 5.75 Å². The van der Waals surface area contributed by atoms with E-state index in [1.165, 1.54) is 18.3 Å². The van der Waals surface area contributed by atoms with Gasteiger partial charge in [-0.15, -0.1) is 0 Å². The molecule has 0 saturated carbocycles. The van der Waals surface area contributed by atoms with Gasteiger partial charge in [0.25, 0.3) is 5.91 Å². The fourth-order valence-corrected chi connectivity index (χ4v) is 1.24. The molecule has 0 unspecified atom stereocenters. The second-order valence-corrected chi connectivity index (χ2v) is 4.05. The van der Waals surface area contributed by atoms with Crippen molar-refractivity contribution in [2.45, 2.75) is 19.9 Å². The largest absolute Gasteiger partial charge is 0.476 e. The molecule has 0 aliphatic carbocycles. The number of ether oxygens (including phenoxy) is 1. The smallest absolute Gasteiger partial charge is 0.406 e. The van der Waals surface area contributed by atoms with E-state index in [1.807, 2.05) is 5.32 Å². The van der Waals surface area contributed by atoms with E-state index in [2.05, 4.69) is 10.3 Å². The van der Waals surface area contributed by atoms with Crippen molar-refractivity contribution in [1.29, 1.82) is 0 Å². The van der Waals surface area contributed by atoms with Crippen LogP contribution in [0.4, 0.5) is 10.6 Å². The highest BCUT2D eigenvalue weighted by molar-refractivity contribution is 5.95. The lowest BCUT2D eigenvalue weighted by molar-refractivity contribution is -0.390. The van der Waals surface area contributed by atoms with Crippen LogP contribution in [0, 0.1) is 10.1 Å². The third-order valence-electron chi connectivity index (χ3n) is 1.96. The highest BCUT2D eigenvalue weighted by Gasteiger charge is 2.17. The SMILES string of the molecule is CC(C)NC(=O)NC(=O)COc1cccnc1[N+](=O)[O-]. The van der Waals surface area contributed by atoms with Crippen molar-refractivity contribution < 1.29 is 19.2 Å². The molecular formula is C11H14N4O5. The van der Waals surface area contributed by atoms with Gasteiger partial charge in [-0.25, -0.2) is 4.79 Å². The molecule has 0 saturated heterocycles. The molecule has 1 aromatic heterocycles. The van der Waals surface area contributed by atoms with Gasteiger partial charge < -0.3 is 20.2 Å². The molecular weight excluding hydrogens is 268 g/mol. The van der Waals surface area contributed by atoms with Gasteiger partial charge in [0.15, 0.2) is 6.61 Å². The first-order valence-electron chi connectivity index (χ1n) is 5.72. The third kappa shape index (κ3) is 4.88. The summed E-state index contributed by atoms with van der Waals surface area (Å²) in [5.41, 5.74) is 0. The number of carbonyl (C=O) groups is 2. The van der Waals surface area contributed by atoms with Gasteiger partial charge in [-0.05, 0) is 35.9 Å². The standard InChI is InChI=1S/C11H14N4O5/c1-7(2)13-11(17)14-9(16)6-20-8-4-3-5-12-10(8)15(18)19/h3-5,7H,6H2,1-2H3,(H2,13,14,16,17). The molecule has 0 spiro atoms. The van der Waals surface area contributed by atoms with Crippen LogP contribution in [0.3, 0.4) is 0 Å². The van der Waals surface area contributed by atoms with Gasteiger partial charge in [-0.3, -0.25) is 10.1 Å². The lowest BCUT2D eigenvalue weighted by Crippen LogP contribution is -2.44. The van der Waals surface area contributed by atoms with Crippen molar-refractivity contribution in [2.75, 3.05) is 6.61 Å². The normalized spacial score (nSPS) is 9.95. The van der Waals surface area contributed by atoms with E-state index in [0.717, 1.165) is 0 Å². The fraction of sp³-hybridized carbons (Fsp3) is 0.364. The number of hydrogen-bond donors (Lipinski definition) is 2. The number of hydrogen-bond acceptors (Lipinski definition) is 6. The summed E-state index contributed by atoms with van der Waals surface area (Å²) in [6.45, 7) is 2.94. The van der Waals surface area contributed by atoms with E-state index in [4.69, 9.17) is 4.74 Å². The average molecular weight is 282 g/mol. The van der Waals surface area contributed by atoms with E-state index in [0.29, 0.717) is 0 Å². The van der Waals surface area contributed by atoms with Crippen LogP contribution >= 0.6 is 0 Å². The van der Waals surface area contributed by atoms with Gasteiger partial charge in [0.05, 0.1) is 0 Å². The van der Waals surface area contributed by atoms with E-state index < -0.39 is 29.3 Å². The minimum absolute atomic E-state index is 0.122. The molecule has 1 rings (SSSR count). The summed E-state index contributed by atoms with van der Waals surface area (Å²) in [6.07, 6.45) is 1.24. The van der Waals surface area contributed by atoms with Crippen LogP contribution < -0.4 is 15.4 Å². The number of pyridine rings is 1. The van der Waals surface area contributed by atoms with Crippen LogP contribution in [0.15, 0.2) is 18.3 Å². The summed E-state index contributed by atoms with van der Waals surface area (Å²) in [7, 11) is 0. The number of imide groups is 1. The second-order valence-electron chi connectivity index (χ2n) is 4.05. The number of carbonyl (C=O) groups excluding carboxylic acids is 2. The molecule has 108 valence electrons. The van der Waals surface area contributed by atoms with Crippen LogP contribution in [0.25, 0.3) is 0 Å². The lowest BCUT2D eigenvalue weighted by atomic mass is 10.4. The highest BCUT2D eigenvalue weighted by atomic mass is 16.6. The summed E-state index contributed by atoms with van der Waals surface area (Å²) in [5.74, 6) is -1.36. The molecule has 3 amide bonds. The van der Waals surface area contributed by atoms with Crippen LogP contribution in [0.5, 0.6) is 5.75 Å². The molecule has 9 nitrogen and oxygen atoms in total. The quantitative estimate of drug-likeness (QED) is 0.602. The Balaban J connectivity index is 2.53. The summed E-state index contributed by atoms with van der Waals surface area (Å²) >= 11 is 0. The fourth-order valence-electron chi connectivity index (χ4n) is 1.24. The number of nitrogens with zero attached hydrogens (tertiary/aromatic N) is 2. The zero-order valence-corrected chi connectivity index (χ0v) is 11.0. The maximum Gasteiger partial charge on any atom is 0.406 e. The van der Waals surface area contributed by atoms with Crippen LogP contribution in [0.2, 0.25) is 0 Å². The molecule has 0 bridgehead atoms. The molecule has 0 fully saturated rings. The molecule has 0 aliphatic heterocycles. The van der Waals surface area contributed by atoms with Gasteiger partial charge in [-0.2, -0.15) is 0 Å². The molecule has 1 heterocycles. The third-order valence-corrected chi connectivity index (χ3v) is 1.96. The van der Waals surface area contributed by atoms with Gasteiger partial charge in [0.1, 0.15) is 6.20 Å². The van der Waals surface area contributed by atoms with Crippen LogP contribution in [-0.4, -0.2) is 34.5 Å². The summed E-state index contributed by atoms with van der Waals surface area (Å²) in [5, 5.41) is 15.1. The summed E-state index contributed by atoms with van der Waals surface area (Å²) in [6, 6.07) is 1.97. The van der Waals surface area contributed by atoms with Crippen molar-refractivity contribution in [2.24, 2.45) is 0 Å². The molecule has 0 aromatic carbocycles. The summed E-state index contributed by atoms with van der Waals surface area (Å²) in [4.78, 5) is 36.1. The van der Waals surface area contributed by atoms with Crippen molar-refractivity contribution in [1.82, 2.24) is 15.6 Å². The van der Waals surface area contributed by atoms with E-state index in [1.54, 1.807) is 13.8 Å². The average Bonchev–Trinajstić information content (AvgIpc) is 2.35. The molecule has 0 atom stereocenters. The first-order chi connectivity index (χ1) is 9.40. The zero-order chi connectivity index (χ0) is 15.1. The number of nitro groups is 1. The highest BCUT2D eigenvalue weighted by Crippen LogP contribution is 2.22. The molecule has 0 aliphatic rings. The zero-order valence-electron chi connectivity index (χ0n) is 11.0. The number of rotatable bonds is 5. The van der Waals surface area contributed by atoms with Crippen molar-refractivity contribution in [3.05, 3.63) is 28.4 Å². The Morgan fingerprint density at radius 1 is 1.50 bits per heavy atom. The molecule has 1 aromatic rings.